The quantitative estimate of drug-likeness (QED) is 0.847. The van der Waals surface area contributed by atoms with Gasteiger partial charge in [0.1, 0.15) is 0 Å². The lowest BCUT2D eigenvalue weighted by atomic mass is 10.1. The number of benzene rings is 1. The summed E-state index contributed by atoms with van der Waals surface area (Å²) < 4.78 is 0. The van der Waals surface area contributed by atoms with Crippen LogP contribution >= 0.6 is 24.2 Å². The highest BCUT2D eigenvalue weighted by Crippen LogP contribution is 2.16. The number of thioether (sulfide) groups is 1. The minimum atomic E-state index is 0. The first-order valence-corrected chi connectivity index (χ1v) is 7.10. The molecule has 0 aromatic heterocycles. The van der Waals surface area contributed by atoms with Gasteiger partial charge in [-0.1, -0.05) is 0 Å². The average Bonchev–Trinajstić information content (AvgIpc) is 2.38. The van der Waals surface area contributed by atoms with E-state index < -0.39 is 0 Å². The number of halogens is 1. The van der Waals surface area contributed by atoms with E-state index in [0.717, 1.165) is 25.2 Å². The van der Waals surface area contributed by atoms with Crippen molar-refractivity contribution in [2.75, 3.05) is 25.9 Å². The van der Waals surface area contributed by atoms with E-state index in [9.17, 15) is 4.79 Å². The molecule has 1 N–H and O–H groups in total. The molecule has 3 nitrogen and oxygen atoms in total. The predicted molar refractivity (Wildman–Crippen MR) is 78.8 cm³/mol. The second-order valence-electron chi connectivity index (χ2n) is 4.33. The van der Waals surface area contributed by atoms with Crippen molar-refractivity contribution in [1.29, 1.82) is 0 Å². The molecular formula is C13H19ClN2OS. The summed E-state index contributed by atoms with van der Waals surface area (Å²) in [5.74, 6) is 0.144. The van der Waals surface area contributed by atoms with Crippen LogP contribution in [0.5, 0.6) is 0 Å². The second kappa shape index (κ2) is 7.02. The maximum absolute atomic E-state index is 12.2. The molecule has 0 unspecified atom stereocenters. The largest absolute Gasteiger partial charge is 0.336 e. The van der Waals surface area contributed by atoms with Gasteiger partial charge in [0.15, 0.2) is 0 Å². The maximum Gasteiger partial charge on any atom is 0.253 e. The lowest BCUT2D eigenvalue weighted by Gasteiger charge is -2.32. The summed E-state index contributed by atoms with van der Waals surface area (Å²) in [5, 5.41) is 3.34. The molecular weight excluding hydrogens is 268 g/mol. The third kappa shape index (κ3) is 3.64. The summed E-state index contributed by atoms with van der Waals surface area (Å²) in [5.41, 5.74) is 0.789. The highest BCUT2D eigenvalue weighted by molar-refractivity contribution is 7.98. The van der Waals surface area contributed by atoms with Gasteiger partial charge in [-0.15, -0.1) is 24.2 Å². The molecule has 1 aromatic rings. The first-order chi connectivity index (χ1) is 8.20. The van der Waals surface area contributed by atoms with E-state index in [-0.39, 0.29) is 18.3 Å². The fourth-order valence-corrected chi connectivity index (χ4v) is 2.44. The Balaban J connectivity index is 0.00000162. The number of amides is 1. The normalized spacial score (nSPS) is 19.2. The number of nitrogens with one attached hydrogen (secondary N) is 1. The molecule has 100 valence electrons. The monoisotopic (exact) mass is 286 g/mol. The first-order valence-electron chi connectivity index (χ1n) is 5.87. The van der Waals surface area contributed by atoms with Crippen LogP contribution < -0.4 is 5.32 Å². The van der Waals surface area contributed by atoms with Crippen LogP contribution in [-0.4, -0.2) is 42.7 Å². The van der Waals surface area contributed by atoms with Gasteiger partial charge in [-0.05, 0) is 37.4 Å². The molecule has 1 fully saturated rings. The Morgan fingerprint density at radius 3 is 2.61 bits per heavy atom. The van der Waals surface area contributed by atoms with E-state index in [1.165, 1.54) is 4.90 Å². The van der Waals surface area contributed by atoms with Gasteiger partial charge < -0.3 is 10.2 Å². The van der Waals surface area contributed by atoms with Crippen molar-refractivity contribution < 1.29 is 4.79 Å². The smallest absolute Gasteiger partial charge is 0.253 e. The number of carbonyl (C=O) groups excluding carboxylic acids is 1. The van der Waals surface area contributed by atoms with Crippen LogP contribution in [0.25, 0.3) is 0 Å². The molecule has 1 aromatic carbocycles. The summed E-state index contributed by atoms with van der Waals surface area (Å²) in [6.45, 7) is 4.59. The molecule has 1 saturated heterocycles. The Morgan fingerprint density at radius 2 is 2.06 bits per heavy atom. The van der Waals surface area contributed by atoms with E-state index in [1.807, 2.05) is 35.4 Å². The van der Waals surface area contributed by atoms with Crippen LogP contribution in [0.15, 0.2) is 29.2 Å². The first kappa shape index (κ1) is 15.3. The van der Waals surface area contributed by atoms with E-state index in [4.69, 9.17) is 0 Å². The summed E-state index contributed by atoms with van der Waals surface area (Å²) in [4.78, 5) is 15.4. The summed E-state index contributed by atoms with van der Waals surface area (Å²) in [6, 6.07) is 8.23. The number of nitrogens with zero attached hydrogens (tertiary/aromatic N) is 1. The third-order valence-electron chi connectivity index (χ3n) is 2.99. The summed E-state index contributed by atoms with van der Waals surface area (Å²) >= 11 is 1.69. The van der Waals surface area contributed by atoms with Crippen molar-refractivity contribution in [3.8, 4) is 0 Å². The topological polar surface area (TPSA) is 32.3 Å². The number of hydrogen-bond donors (Lipinski definition) is 1. The highest BCUT2D eigenvalue weighted by atomic mass is 35.5. The molecule has 0 saturated carbocycles. The van der Waals surface area contributed by atoms with Gasteiger partial charge >= 0.3 is 0 Å². The van der Waals surface area contributed by atoms with Gasteiger partial charge in [-0.3, -0.25) is 4.79 Å². The Morgan fingerprint density at radius 1 is 1.39 bits per heavy atom. The zero-order chi connectivity index (χ0) is 12.3. The second-order valence-corrected chi connectivity index (χ2v) is 5.21. The van der Waals surface area contributed by atoms with Crippen LogP contribution in [0.1, 0.15) is 17.3 Å². The van der Waals surface area contributed by atoms with Gasteiger partial charge in [0, 0.05) is 36.1 Å². The van der Waals surface area contributed by atoms with E-state index in [2.05, 4.69) is 12.2 Å². The molecule has 1 heterocycles. The standard InChI is InChI=1S/C13H18N2OS.ClH/c1-10-9-15(8-7-14-10)13(16)11-3-5-12(17-2)6-4-11;/h3-6,10,14H,7-9H2,1-2H3;1H/t10-;/m1./s1. The number of carbonyl (C=O) groups is 1. The number of piperazine rings is 1. The molecule has 18 heavy (non-hydrogen) atoms. The third-order valence-corrected chi connectivity index (χ3v) is 3.74. The molecule has 5 heteroatoms. The fraction of sp³-hybridized carbons (Fsp3) is 0.462. The van der Waals surface area contributed by atoms with Crippen molar-refractivity contribution in [2.45, 2.75) is 17.9 Å². The van der Waals surface area contributed by atoms with Crippen LogP contribution in [0.3, 0.4) is 0 Å². The van der Waals surface area contributed by atoms with Crippen molar-refractivity contribution in [2.24, 2.45) is 0 Å². The highest BCUT2D eigenvalue weighted by Gasteiger charge is 2.21. The van der Waals surface area contributed by atoms with Crippen LogP contribution in [0.4, 0.5) is 0 Å². The van der Waals surface area contributed by atoms with Gasteiger partial charge in [0.25, 0.3) is 5.91 Å². The molecule has 0 bridgehead atoms. The minimum Gasteiger partial charge on any atom is -0.336 e. The van der Waals surface area contributed by atoms with Gasteiger partial charge in [-0.25, -0.2) is 0 Å². The van der Waals surface area contributed by atoms with E-state index >= 15 is 0 Å². The molecule has 1 amide bonds. The van der Waals surface area contributed by atoms with E-state index in [1.54, 1.807) is 11.8 Å². The summed E-state index contributed by atoms with van der Waals surface area (Å²) in [6.07, 6.45) is 2.04. The molecule has 0 radical (unpaired) electrons. The summed E-state index contributed by atoms with van der Waals surface area (Å²) in [7, 11) is 0. The Bertz CT molecular complexity index is 396. The predicted octanol–water partition coefficient (Wildman–Crippen LogP) is 2.26. The van der Waals surface area contributed by atoms with Crippen molar-refractivity contribution >= 4 is 30.1 Å². The number of rotatable bonds is 2. The van der Waals surface area contributed by atoms with Crippen LogP contribution in [-0.2, 0) is 0 Å². The SMILES string of the molecule is CSc1ccc(C(=O)N2CCN[C@H](C)C2)cc1.Cl. The lowest BCUT2D eigenvalue weighted by Crippen LogP contribution is -2.51. The Hall–Kier alpha value is -0.710. The molecule has 1 aliphatic heterocycles. The average molecular weight is 287 g/mol. The Labute approximate surface area is 119 Å². The molecule has 2 rings (SSSR count). The van der Waals surface area contributed by atoms with Crippen LogP contribution in [0, 0.1) is 0 Å². The minimum absolute atomic E-state index is 0. The van der Waals surface area contributed by atoms with Crippen molar-refractivity contribution in [1.82, 2.24) is 10.2 Å². The number of hydrogen-bond acceptors (Lipinski definition) is 3. The van der Waals surface area contributed by atoms with Crippen LogP contribution in [0.2, 0.25) is 0 Å². The van der Waals surface area contributed by atoms with E-state index in [0.29, 0.717) is 6.04 Å². The zero-order valence-corrected chi connectivity index (χ0v) is 12.3. The fourth-order valence-electron chi connectivity index (χ4n) is 2.03. The van der Waals surface area contributed by atoms with Crippen molar-refractivity contribution in [3.05, 3.63) is 29.8 Å². The lowest BCUT2D eigenvalue weighted by molar-refractivity contribution is 0.0709. The molecule has 1 atom stereocenters. The van der Waals surface area contributed by atoms with Gasteiger partial charge in [0.2, 0.25) is 0 Å². The Kier molecular flexibility index (Phi) is 5.99. The zero-order valence-electron chi connectivity index (χ0n) is 10.7. The van der Waals surface area contributed by atoms with Gasteiger partial charge in [-0.2, -0.15) is 0 Å². The molecule has 1 aliphatic rings. The molecule has 0 spiro atoms. The van der Waals surface area contributed by atoms with Crippen molar-refractivity contribution in [3.63, 3.8) is 0 Å². The van der Waals surface area contributed by atoms with Gasteiger partial charge in [0.05, 0.1) is 0 Å². The maximum atomic E-state index is 12.2. The molecule has 0 aliphatic carbocycles.